The van der Waals surface area contributed by atoms with Crippen LogP contribution in [0.1, 0.15) is 12.0 Å². The van der Waals surface area contributed by atoms with Gasteiger partial charge < -0.3 is 9.30 Å². The van der Waals surface area contributed by atoms with Gasteiger partial charge in [0.15, 0.2) is 0 Å². The molecule has 0 aliphatic carbocycles. The molecule has 0 aliphatic rings. The number of aromatic nitrogens is 1. The zero-order chi connectivity index (χ0) is 14.5. The average Bonchev–Trinajstić information content (AvgIpc) is 2.96. The summed E-state index contributed by atoms with van der Waals surface area (Å²) in [6.45, 7) is 1.23. The van der Waals surface area contributed by atoms with Crippen LogP contribution in [-0.4, -0.2) is 4.57 Å². The van der Waals surface area contributed by atoms with Crippen LogP contribution < -0.4 is 4.74 Å². The lowest BCUT2D eigenvalue weighted by Crippen LogP contribution is -2.00. The molecule has 0 N–H and O–H groups in total. The highest BCUT2D eigenvalue weighted by Crippen LogP contribution is 2.27. The van der Waals surface area contributed by atoms with E-state index in [2.05, 4.69) is 34.9 Å². The number of nitrogens with zero attached hydrogens (tertiary/aromatic N) is 2. The molecule has 21 heavy (non-hydrogen) atoms. The predicted molar refractivity (Wildman–Crippen MR) is 82.9 cm³/mol. The molecule has 1 heterocycles. The highest BCUT2D eigenvalue weighted by Gasteiger charge is 2.07. The first-order chi connectivity index (χ1) is 10.4. The van der Waals surface area contributed by atoms with Crippen molar-refractivity contribution in [3.05, 3.63) is 66.4 Å². The summed E-state index contributed by atoms with van der Waals surface area (Å²) in [7, 11) is 0. The highest BCUT2D eigenvalue weighted by molar-refractivity contribution is 5.86. The molecule has 0 radical (unpaired) electrons. The number of hydrogen-bond acceptors (Lipinski definition) is 2. The molecule has 0 saturated heterocycles. The maximum Gasteiger partial charge on any atom is 0.144 e. The van der Waals surface area contributed by atoms with Crippen molar-refractivity contribution in [3.63, 3.8) is 0 Å². The third kappa shape index (κ3) is 2.90. The minimum absolute atomic E-state index is 0.497. The van der Waals surface area contributed by atoms with E-state index in [0.29, 0.717) is 19.6 Å². The molecule has 104 valence electrons. The van der Waals surface area contributed by atoms with Gasteiger partial charge in [0.25, 0.3) is 0 Å². The van der Waals surface area contributed by atoms with E-state index in [9.17, 15) is 0 Å². The molecule has 0 atom stereocenters. The van der Waals surface area contributed by atoms with Gasteiger partial charge in [-0.15, -0.1) is 0 Å². The normalized spacial score (nSPS) is 10.4. The summed E-state index contributed by atoms with van der Waals surface area (Å²) >= 11 is 0. The molecule has 0 fully saturated rings. The van der Waals surface area contributed by atoms with Crippen molar-refractivity contribution in [2.45, 2.75) is 19.6 Å². The molecule has 0 spiro atoms. The summed E-state index contributed by atoms with van der Waals surface area (Å²) in [6, 6.07) is 20.4. The average molecular weight is 276 g/mol. The zero-order valence-electron chi connectivity index (χ0n) is 11.7. The maximum absolute atomic E-state index is 8.76. The summed E-state index contributed by atoms with van der Waals surface area (Å²) in [4.78, 5) is 0. The van der Waals surface area contributed by atoms with Crippen LogP contribution >= 0.6 is 0 Å². The van der Waals surface area contributed by atoms with Gasteiger partial charge in [-0.05, 0) is 17.7 Å². The van der Waals surface area contributed by atoms with Crippen molar-refractivity contribution < 1.29 is 4.74 Å². The molecule has 0 unspecified atom stereocenters. The molecule has 0 saturated carbocycles. The summed E-state index contributed by atoms with van der Waals surface area (Å²) in [5.41, 5.74) is 2.20. The number of benzene rings is 2. The van der Waals surface area contributed by atoms with Crippen LogP contribution in [0.2, 0.25) is 0 Å². The Kier molecular flexibility index (Phi) is 3.88. The SMILES string of the molecule is N#CCCn1ccc2cccc(OCc3ccccc3)c21. The standard InChI is InChI=1S/C18H16N2O/c19-11-5-12-20-13-10-16-8-4-9-17(18(16)20)21-14-15-6-2-1-3-7-15/h1-4,6-10,13H,5,12,14H2. The van der Waals surface area contributed by atoms with Gasteiger partial charge in [0, 0.05) is 18.1 Å². The van der Waals surface area contributed by atoms with Gasteiger partial charge in [0.2, 0.25) is 0 Å². The van der Waals surface area contributed by atoms with Gasteiger partial charge in [-0.2, -0.15) is 5.26 Å². The molecular weight excluding hydrogens is 260 g/mol. The number of rotatable bonds is 5. The van der Waals surface area contributed by atoms with Gasteiger partial charge in [-0.1, -0.05) is 42.5 Å². The molecule has 3 rings (SSSR count). The molecule has 0 aliphatic heterocycles. The molecule has 3 nitrogen and oxygen atoms in total. The Morgan fingerprint density at radius 2 is 1.86 bits per heavy atom. The van der Waals surface area contributed by atoms with Crippen LogP contribution in [0, 0.1) is 11.3 Å². The number of ether oxygens (including phenoxy) is 1. The minimum Gasteiger partial charge on any atom is -0.487 e. The fourth-order valence-electron chi connectivity index (χ4n) is 2.43. The second-order valence-corrected chi connectivity index (χ2v) is 4.89. The first-order valence-corrected chi connectivity index (χ1v) is 7.00. The fraction of sp³-hybridized carbons (Fsp3) is 0.167. The molecule has 1 aromatic heterocycles. The van der Waals surface area contributed by atoms with Crippen LogP contribution in [0.25, 0.3) is 10.9 Å². The van der Waals surface area contributed by atoms with Crippen LogP contribution in [0.4, 0.5) is 0 Å². The van der Waals surface area contributed by atoms with Crippen molar-refractivity contribution in [2.75, 3.05) is 0 Å². The maximum atomic E-state index is 8.76. The summed E-state index contributed by atoms with van der Waals surface area (Å²) in [6.07, 6.45) is 2.51. The number of hydrogen-bond donors (Lipinski definition) is 0. The topological polar surface area (TPSA) is 38.0 Å². The molecule has 2 aromatic carbocycles. The van der Waals surface area contributed by atoms with Crippen molar-refractivity contribution in [2.24, 2.45) is 0 Å². The van der Waals surface area contributed by atoms with Crippen molar-refractivity contribution in [1.82, 2.24) is 4.57 Å². The molecule has 0 bridgehead atoms. The Morgan fingerprint density at radius 3 is 2.67 bits per heavy atom. The summed E-state index contributed by atoms with van der Waals surface area (Å²) < 4.78 is 8.06. The van der Waals surface area contributed by atoms with E-state index in [-0.39, 0.29) is 0 Å². The van der Waals surface area contributed by atoms with E-state index in [1.807, 2.05) is 36.5 Å². The Balaban J connectivity index is 1.87. The largest absolute Gasteiger partial charge is 0.487 e. The summed E-state index contributed by atoms with van der Waals surface area (Å²) in [5, 5.41) is 9.90. The van der Waals surface area contributed by atoms with Gasteiger partial charge in [0.1, 0.15) is 12.4 Å². The first kappa shape index (κ1) is 13.3. The van der Waals surface area contributed by atoms with Crippen molar-refractivity contribution in [1.29, 1.82) is 5.26 Å². The number of fused-ring (bicyclic) bond motifs is 1. The Labute approximate surface area is 124 Å². The van der Waals surface area contributed by atoms with E-state index < -0.39 is 0 Å². The Hall–Kier alpha value is -2.73. The molecule has 0 amide bonds. The van der Waals surface area contributed by atoms with Crippen molar-refractivity contribution >= 4 is 10.9 Å². The smallest absolute Gasteiger partial charge is 0.144 e. The Morgan fingerprint density at radius 1 is 1.00 bits per heavy atom. The van der Waals surface area contributed by atoms with Crippen LogP contribution in [0.15, 0.2) is 60.8 Å². The van der Waals surface area contributed by atoms with Crippen LogP contribution in [0.3, 0.4) is 0 Å². The number of para-hydroxylation sites is 1. The number of aryl methyl sites for hydroxylation is 1. The molecule has 3 heteroatoms. The third-order valence-corrected chi connectivity index (χ3v) is 3.45. The second kappa shape index (κ2) is 6.15. The lowest BCUT2D eigenvalue weighted by atomic mass is 10.2. The van der Waals surface area contributed by atoms with E-state index in [1.165, 1.54) is 0 Å². The van der Waals surface area contributed by atoms with Gasteiger partial charge >= 0.3 is 0 Å². The lowest BCUT2D eigenvalue weighted by molar-refractivity contribution is 0.308. The molecular formula is C18H16N2O. The third-order valence-electron chi connectivity index (χ3n) is 3.45. The highest BCUT2D eigenvalue weighted by atomic mass is 16.5. The van der Waals surface area contributed by atoms with Gasteiger partial charge in [-0.25, -0.2) is 0 Å². The van der Waals surface area contributed by atoms with Crippen LogP contribution in [-0.2, 0) is 13.2 Å². The zero-order valence-corrected chi connectivity index (χ0v) is 11.7. The van der Waals surface area contributed by atoms with Gasteiger partial charge in [-0.3, -0.25) is 0 Å². The van der Waals surface area contributed by atoms with Crippen LogP contribution in [0.5, 0.6) is 5.75 Å². The Bertz CT molecular complexity index is 769. The molecule has 3 aromatic rings. The predicted octanol–water partition coefficient (Wildman–Crippen LogP) is 4.13. The van der Waals surface area contributed by atoms with E-state index >= 15 is 0 Å². The van der Waals surface area contributed by atoms with E-state index in [0.717, 1.165) is 22.2 Å². The van der Waals surface area contributed by atoms with E-state index in [1.54, 1.807) is 0 Å². The quantitative estimate of drug-likeness (QED) is 0.702. The second-order valence-electron chi connectivity index (χ2n) is 4.89. The fourth-order valence-corrected chi connectivity index (χ4v) is 2.43. The summed E-state index contributed by atoms with van der Waals surface area (Å²) in [5.74, 6) is 0.860. The van der Waals surface area contributed by atoms with Gasteiger partial charge in [0.05, 0.1) is 18.0 Å². The van der Waals surface area contributed by atoms with Crippen molar-refractivity contribution in [3.8, 4) is 11.8 Å². The number of nitriles is 1. The first-order valence-electron chi connectivity index (χ1n) is 7.00. The monoisotopic (exact) mass is 276 g/mol. The minimum atomic E-state index is 0.497. The van der Waals surface area contributed by atoms with E-state index in [4.69, 9.17) is 10.00 Å². The lowest BCUT2D eigenvalue weighted by Gasteiger charge is -2.10.